The fourth-order valence-corrected chi connectivity index (χ4v) is 3.48. The highest BCUT2D eigenvalue weighted by atomic mass is 16.5. The average molecular weight is 400 g/mol. The summed E-state index contributed by atoms with van der Waals surface area (Å²) in [5.74, 6) is 0.910. The molecule has 0 N–H and O–H groups in total. The van der Waals surface area contributed by atoms with Crippen LogP contribution < -0.4 is 4.74 Å². The largest absolute Gasteiger partial charge is 0.489 e. The molecule has 29 heavy (non-hydrogen) atoms. The van der Waals surface area contributed by atoms with Gasteiger partial charge in [-0.15, -0.1) is 0 Å². The lowest BCUT2D eigenvalue weighted by Gasteiger charge is -2.33. The minimum Gasteiger partial charge on any atom is -0.489 e. The van der Waals surface area contributed by atoms with Crippen LogP contribution in [0.4, 0.5) is 0 Å². The number of likely N-dealkylation sites (tertiary alicyclic amines) is 1. The number of ether oxygens (including phenoxy) is 2. The number of aromatic nitrogens is 1. The highest BCUT2D eigenvalue weighted by molar-refractivity contribution is 5.81. The average Bonchev–Trinajstić information content (AvgIpc) is 3.03. The van der Waals surface area contributed by atoms with Crippen molar-refractivity contribution in [3.8, 4) is 5.75 Å². The van der Waals surface area contributed by atoms with Gasteiger partial charge in [0.05, 0.1) is 17.7 Å². The summed E-state index contributed by atoms with van der Waals surface area (Å²) in [7, 11) is 0. The zero-order valence-electron chi connectivity index (χ0n) is 17.3. The van der Waals surface area contributed by atoms with E-state index in [1.807, 2.05) is 37.8 Å². The molecule has 2 heterocycles. The number of nitrogens with zero attached hydrogens (tertiary/aromatic N) is 2. The molecular weight excluding hydrogens is 372 g/mol. The zero-order chi connectivity index (χ0) is 20.8. The Balaban J connectivity index is 1.44. The Morgan fingerprint density at radius 2 is 1.97 bits per heavy atom. The number of benzene rings is 1. The van der Waals surface area contributed by atoms with Crippen molar-refractivity contribution in [3.63, 3.8) is 0 Å². The molecule has 1 amide bonds. The highest BCUT2D eigenvalue weighted by Gasteiger charge is 2.23. The van der Waals surface area contributed by atoms with Crippen LogP contribution in [0.5, 0.6) is 5.75 Å². The first-order valence-electron chi connectivity index (χ1n) is 10.0. The van der Waals surface area contributed by atoms with Gasteiger partial charge in [-0.1, -0.05) is 17.3 Å². The van der Waals surface area contributed by atoms with Gasteiger partial charge < -0.3 is 18.9 Å². The maximum Gasteiger partial charge on any atom is 0.310 e. The van der Waals surface area contributed by atoms with Crippen molar-refractivity contribution >= 4 is 11.9 Å². The van der Waals surface area contributed by atoms with Crippen LogP contribution in [0.15, 0.2) is 28.8 Å². The third-order valence-electron chi connectivity index (χ3n) is 5.32. The van der Waals surface area contributed by atoms with Crippen molar-refractivity contribution in [1.82, 2.24) is 10.1 Å². The predicted molar refractivity (Wildman–Crippen MR) is 106 cm³/mol. The number of piperidine rings is 1. The molecule has 7 heteroatoms. The van der Waals surface area contributed by atoms with Gasteiger partial charge in [0.1, 0.15) is 18.1 Å². The SMILES string of the molecule is Cc1noc(C)c1COc1ccc(CC(=O)OCC(=O)N2CCCC[C@H]2C)cc1. The highest BCUT2D eigenvalue weighted by Crippen LogP contribution is 2.19. The fourth-order valence-electron chi connectivity index (χ4n) is 3.48. The molecule has 1 saturated heterocycles. The monoisotopic (exact) mass is 400 g/mol. The Labute approximate surface area is 171 Å². The van der Waals surface area contributed by atoms with Crippen molar-refractivity contribution in [2.24, 2.45) is 0 Å². The third-order valence-corrected chi connectivity index (χ3v) is 5.32. The summed E-state index contributed by atoms with van der Waals surface area (Å²) in [6.45, 7) is 6.69. The normalized spacial score (nSPS) is 16.5. The van der Waals surface area contributed by atoms with Crippen molar-refractivity contribution < 1.29 is 23.6 Å². The van der Waals surface area contributed by atoms with Gasteiger partial charge in [0.2, 0.25) is 0 Å². The minimum atomic E-state index is -0.410. The van der Waals surface area contributed by atoms with Gasteiger partial charge in [-0.2, -0.15) is 0 Å². The molecule has 2 aromatic rings. The van der Waals surface area contributed by atoms with Crippen molar-refractivity contribution in [3.05, 3.63) is 46.8 Å². The van der Waals surface area contributed by atoms with Crippen molar-refractivity contribution in [2.45, 2.75) is 59.1 Å². The summed E-state index contributed by atoms with van der Waals surface area (Å²) in [5.41, 5.74) is 2.55. The summed E-state index contributed by atoms with van der Waals surface area (Å²) < 4.78 is 16.1. The first-order valence-corrected chi connectivity index (χ1v) is 10.0. The third kappa shape index (κ3) is 5.59. The van der Waals surface area contributed by atoms with E-state index in [9.17, 15) is 9.59 Å². The molecule has 1 aromatic carbocycles. The van der Waals surface area contributed by atoms with Crippen LogP contribution in [0.2, 0.25) is 0 Å². The maximum absolute atomic E-state index is 12.2. The molecule has 0 unspecified atom stereocenters. The number of amides is 1. The molecule has 7 nitrogen and oxygen atoms in total. The number of carbonyl (C=O) groups is 2. The van der Waals surface area contributed by atoms with Crippen LogP contribution in [0.25, 0.3) is 0 Å². The molecule has 0 bridgehead atoms. The summed E-state index contributed by atoms with van der Waals surface area (Å²) in [6, 6.07) is 7.47. The summed E-state index contributed by atoms with van der Waals surface area (Å²) >= 11 is 0. The number of aryl methyl sites for hydroxylation is 2. The topological polar surface area (TPSA) is 81.9 Å². The zero-order valence-corrected chi connectivity index (χ0v) is 17.3. The second-order valence-electron chi connectivity index (χ2n) is 7.50. The van der Waals surface area contributed by atoms with E-state index in [0.717, 1.165) is 48.4 Å². The Morgan fingerprint density at radius 3 is 2.62 bits per heavy atom. The van der Waals surface area contributed by atoms with Crippen molar-refractivity contribution in [2.75, 3.05) is 13.2 Å². The van der Waals surface area contributed by atoms with E-state index in [4.69, 9.17) is 14.0 Å². The quantitative estimate of drug-likeness (QED) is 0.663. The smallest absolute Gasteiger partial charge is 0.310 e. The molecule has 156 valence electrons. The number of hydrogen-bond donors (Lipinski definition) is 0. The second kappa shape index (κ2) is 9.58. The van der Waals surface area contributed by atoms with Crippen LogP contribution in [0, 0.1) is 13.8 Å². The molecule has 0 radical (unpaired) electrons. The van der Waals surface area contributed by atoms with Crippen LogP contribution >= 0.6 is 0 Å². The van der Waals surface area contributed by atoms with Gasteiger partial charge in [0, 0.05) is 12.6 Å². The molecule has 1 fully saturated rings. The van der Waals surface area contributed by atoms with E-state index in [2.05, 4.69) is 5.16 Å². The molecule has 1 aromatic heterocycles. The number of carbonyl (C=O) groups excluding carboxylic acids is 2. The van der Waals surface area contributed by atoms with Gasteiger partial charge in [-0.05, 0) is 57.7 Å². The molecule has 1 aliphatic rings. The van der Waals surface area contributed by atoms with E-state index < -0.39 is 5.97 Å². The number of hydrogen-bond acceptors (Lipinski definition) is 6. The lowest BCUT2D eigenvalue weighted by atomic mass is 10.0. The maximum atomic E-state index is 12.2. The summed E-state index contributed by atoms with van der Waals surface area (Å²) in [6.07, 6.45) is 3.27. The number of esters is 1. The predicted octanol–water partition coefficient (Wildman–Crippen LogP) is 3.36. The minimum absolute atomic E-state index is 0.117. The van der Waals surface area contributed by atoms with Crippen LogP contribution in [-0.2, 0) is 27.4 Å². The summed E-state index contributed by atoms with van der Waals surface area (Å²) in [4.78, 5) is 26.1. The van der Waals surface area contributed by atoms with E-state index in [1.54, 1.807) is 12.1 Å². The summed E-state index contributed by atoms with van der Waals surface area (Å²) in [5, 5.41) is 3.91. The first kappa shape index (κ1) is 20.9. The van der Waals surface area contributed by atoms with Gasteiger partial charge in [-0.25, -0.2) is 0 Å². The van der Waals surface area contributed by atoms with Gasteiger partial charge in [0.15, 0.2) is 6.61 Å². The Kier molecular flexibility index (Phi) is 6.90. The molecule has 1 aliphatic heterocycles. The van der Waals surface area contributed by atoms with Gasteiger partial charge in [-0.3, -0.25) is 9.59 Å². The van der Waals surface area contributed by atoms with Crippen molar-refractivity contribution in [1.29, 1.82) is 0 Å². The van der Waals surface area contributed by atoms with E-state index in [1.165, 1.54) is 0 Å². The van der Waals surface area contributed by atoms with Crippen LogP contribution in [0.3, 0.4) is 0 Å². The molecule has 1 atom stereocenters. The Hall–Kier alpha value is -2.83. The molecule has 0 spiro atoms. The molecule has 0 aliphatic carbocycles. The fraction of sp³-hybridized carbons (Fsp3) is 0.500. The number of rotatable bonds is 7. The standard InChI is InChI=1S/C22H28N2O5/c1-15-6-4-5-11-24(15)21(25)14-28-22(26)12-18-7-9-19(10-8-18)27-13-20-16(2)23-29-17(20)3/h7-10,15H,4-6,11-14H2,1-3H3/t15-/m1/s1. The van der Waals surface area contributed by atoms with E-state index in [0.29, 0.717) is 12.4 Å². The Morgan fingerprint density at radius 1 is 1.21 bits per heavy atom. The van der Waals surface area contributed by atoms with Gasteiger partial charge in [0.25, 0.3) is 5.91 Å². The lowest BCUT2D eigenvalue weighted by molar-refractivity contribution is -0.152. The molecular formula is C22H28N2O5. The van der Waals surface area contributed by atoms with Crippen LogP contribution in [0.1, 0.15) is 48.8 Å². The first-order chi connectivity index (χ1) is 13.9. The van der Waals surface area contributed by atoms with E-state index >= 15 is 0 Å². The lowest BCUT2D eigenvalue weighted by Crippen LogP contribution is -2.44. The molecule has 3 rings (SSSR count). The Bertz CT molecular complexity index is 824. The van der Waals surface area contributed by atoms with E-state index in [-0.39, 0.29) is 25.0 Å². The van der Waals surface area contributed by atoms with Crippen LogP contribution in [-0.4, -0.2) is 41.1 Å². The molecule has 0 saturated carbocycles. The van der Waals surface area contributed by atoms with Gasteiger partial charge >= 0.3 is 5.97 Å². The second-order valence-corrected chi connectivity index (χ2v) is 7.50.